The Kier molecular flexibility index (Phi) is 3.53. The van der Waals surface area contributed by atoms with Crippen molar-refractivity contribution in [2.45, 2.75) is 20.3 Å². The van der Waals surface area contributed by atoms with Gasteiger partial charge in [0.15, 0.2) is 0 Å². The van der Waals surface area contributed by atoms with Crippen LogP contribution in [-0.4, -0.2) is 37.0 Å². The maximum atomic E-state index is 7.81. The first-order valence-corrected chi connectivity index (χ1v) is 4.63. The van der Waals surface area contributed by atoms with Crippen LogP contribution in [0.25, 0.3) is 0 Å². The van der Waals surface area contributed by atoms with Crippen molar-refractivity contribution in [1.29, 1.82) is 5.41 Å². The van der Waals surface area contributed by atoms with Gasteiger partial charge in [-0.1, -0.05) is 13.8 Å². The Balaban J connectivity index is 2.43. The van der Waals surface area contributed by atoms with Crippen LogP contribution in [0.3, 0.4) is 0 Å². The molecule has 0 bridgehead atoms. The molecule has 1 fully saturated rings. The van der Waals surface area contributed by atoms with Crippen molar-refractivity contribution in [3.8, 4) is 0 Å². The highest BCUT2D eigenvalue weighted by Gasteiger charge is 2.14. The first-order valence-electron chi connectivity index (χ1n) is 4.63. The predicted octanol–water partition coefficient (Wildman–Crippen LogP) is 1.34. The minimum atomic E-state index is 0.336. The van der Waals surface area contributed by atoms with Crippen LogP contribution in [-0.2, 0) is 4.74 Å². The largest absolute Gasteiger partial charge is 0.380 e. The average Bonchev–Trinajstić information content (AvgIpc) is 2.30. The van der Waals surface area contributed by atoms with Gasteiger partial charge in [-0.25, -0.2) is 0 Å². The molecule has 1 aliphatic heterocycles. The van der Waals surface area contributed by atoms with Crippen molar-refractivity contribution in [2.24, 2.45) is 5.92 Å². The normalized spacial score (nSPS) is 19.4. The van der Waals surface area contributed by atoms with E-state index in [0.29, 0.717) is 5.92 Å². The van der Waals surface area contributed by atoms with Crippen LogP contribution in [0.1, 0.15) is 20.3 Å². The molecule has 1 saturated heterocycles. The van der Waals surface area contributed by atoms with E-state index in [4.69, 9.17) is 10.1 Å². The summed E-state index contributed by atoms with van der Waals surface area (Å²) >= 11 is 0. The maximum absolute atomic E-state index is 7.81. The van der Waals surface area contributed by atoms with Crippen LogP contribution >= 0.6 is 0 Å². The van der Waals surface area contributed by atoms with Crippen LogP contribution in [0, 0.1) is 11.3 Å². The number of hydrogen-bond acceptors (Lipinski definition) is 2. The van der Waals surface area contributed by atoms with Gasteiger partial charge in [0, 0.05) is 25.6 Å². The number of ether oxygens (including phenoxy) is 1. The molecular formula is C9H18N2O. The summed E-state index contributed by atoms with van der Waals surface area (Å²) < 4.78 is 5.32. The van der Waals surface area contributed by atoms with Crippen molar-refractivity contribution in [3.05, 3.63) is 0 Å². The molecule has 0 radical (unpaired) electrons. The van der Waals surface area contributed by atoms with Crippen LogP contribution in [0.4, 0.5) is 0 Å². The molecule has 0 saturated carbocycles. The number of hydrogen-bond donors (Lipinski definition) is 1. The van der Waals surface area contributed by atoms with E-state index in [0.717, 1.165) is 38.6 Å². The highest BCUT2D eigenvalue weighted by atomic mass is 16.5. The minimum absolute atomic E-state index is 0.336. The molecule has 0 unspecified atom stereocenters. The summed E-state index contributed by atoms with van der Waals surface area (Å²) in [5, 5.41) is 7.81. The monoisotopic (exact) mass is 170 g/mol. The smallest absolute Gasteiger partial charge is 0.0984 e. The van der Waals surface area contributed by atoms with E-state index in [2.05, 4.69) is 18.7 Å². The molecule has 0 amide bonds. The van der Waals surface area contributed by atoms with Crippen LogP contribution in [0.2, 0.25) is 0 Å². The molecular weight excluding hydrogens is 152 g/mol. The molecule has 0 aliphatic carbocycles. The lowest BCUT2D eigenvalue weighted by Crippen LogP contribution is -2.35. The summed E-state index contributed by atoms with van der Waals surface area (Å²) in [4.78, 5) is 2.12. The Hall–Kier alpha value is -0.570. The summed E-state index contributed by atoms with van der Waals surface area (Å²) in [7, 11) is 0. The third-order valence-corrected chi connectivity index (χ3v) is 2.11. The van der Waals surface area contributed by atoms with Crippen molar-refractivity contribution in [1.82, 2.24) is 4.90 Å². The summed E-state index contributed by atoms with van der Waals surface area (Å²) in [6, 6.07) is 0. The molecule has 1 heterocycles. The van der Waals surface area contributed by atoms with Crippen LogP contribution < -0.4 is 0 Å². The Bertz CT molecular complexity index is 149. The molecule has 0 aromatic heterocycles. The van der Waals surface area contributed by atoms with Gasteiger partial charge in [-0.3, -0.25) is 5.41 Å². The topological polar surface area (TPSA) is 36.3 Å². The van der Waals surface area contributed by atoms with Gasteiger partial charge < -0.3 is 9.64 Å². The lowest BCUT2D eigenvalue weighted by atomic mass is 10.2. The molecule has 0 spiro atoms. The maximum Gasteiger partial charge on any atom is 0.0984 e. The fourth-order valence-electron chi connectivity index (χ4n) is 1.35. The molecule has 0 aromatic rings. The van der Waals surface area contributed by atoms with Gasteiger partial charge >= 0.3 is 0 Å². The zero-order valence-electron chi connectivity index (χ0n) is 7.97. The van der Waals surface area contributed by atoms with E-state index >= 15 is 0 Å². The summed E-state index contributed by atoms with van der Waals surface area (Å²) in [6.45, 7) is 7.62. The first kappa shape index (κ1) is 9.52. The van der Waals surface area contributed by atoms with E-state index < -0.39 is 0 Å². The van der Waals surface area contributed by atoms with Crippen LogP contribution in [0.15, 0.2) is 0 Å². The van der Waals surface area contributed by atoms with E-state index in [1.54, 1.807) is 0 Å². The number of nitrogens with one attached hydrogen (secondary N) is 1. The third-order valence-electron chi connectivity index (χ3n) is 2.11. The molecule has 70 valence electrons. The first-order chi connectivity index (χ1) is 5.72. The van der Waals surface area contributed by atoms with Gasteiger partial charge in [0.25, 0.3) is 0 Å². The molecule has 1 N–H and O–H groups in total. The van der Waals surface area contributed by atoms with E-state index in [1.807, 2.05) is 0 Å². The molecule has 0 aromatic carbocycles. The average molecular weight is 170 g/mol. The quantitative estimate of drug-likeness (QED) is 0.476. The molecule has 1 aliphatic rings. The van der Waals surface area contributed by atoms with Gasteiger partial charge in [-0.05, 0) is 6.42 Å². The SMILES string of the molecule is CC(C)C(=N)N1CCCOCC1. The summed E-state index contributed by atoms with van der Waals surface area (Å²) in [6.07, 6.45) is 1.05. The molecule has 3 nitrogen and oxygen atoms in total. The second-order valence-corrected chi connectivity index (χ2v) is 3.49. The predicted molar refractivity (Wildman–Crippen MR) is 49.6 cm³/mol. The van der Waals surface area contributed by atoms with Gasteiger partial charge in [0.05, 0.1) is 12.4 Å². The van der Waals surface area contributed by atoms with Crippen LogP contribution in [0.5, 0.6) is 0 Å². The zero-order valence-corrected chi connectivity index (χ0v) is 7.97. The highest BCUT2D eigenvalue weighted by Crippen LogP contribution is 2.05. The Morgan fingerprint density at radius 1 is 1.33 bits per heavy atom. The number of amidine groups is 1. The van der Waals surface area contributed by atoms with E-state index in [1.165, 1.54) is 0 Å². The minimum Gasteiger partial charge on any atom is -0.380 e. The highest BCUT2D eigenvalue weighted by molar-refractivity contribution is 5.80. The second kappa shape index (κ2) is 4.45. The third kappa shape index (κ3) is 2.48. The molecule has 3 heteroatoms. The van der Waals surface area contributed by atoms with Crippen molar-refractivity contribution >= 4 is 5.84 Å². The van der Waals surface area contributed by atoms with Gasteiger partial charge in [0.1, 0.15) is 0 Å². The molecule has 0 atom stereocenters. The molecule has 12 heavy (non-hydrogen) atoms. The molecule has 1 rings (SSSR count). The lowest BCUT2D eigenvalue weighted by Gasteiger charge is -2.24. The Morgan fingerprint density at radius 3 is 2.75 bits per heavy atom. The standard InChI is InChI=1S/C9H18N2O/c1-8(2)9(10)11-4-3-6-12-7-5-11/h8,10H,3-7H2,1-2H3. The number of rotatable bonds is 1. The van der Waals surface area contributed by atoms with E-state index in [9.17, 15) is 0 Å². The van der Waals surface area contributed by atoms with Gasteiger partial charge in [-0.15, -0.1) is 0 Å². The van der Waals surface area contributed by atoms with Crippen molar-refractivity contribution in [2.75, 3.05) is 26.3 Å². The van der Waals surface area contributed by atoms with Crippen molar-refractivity contribution in [3.63, 3.8) is 0 Å². The lowest BCUT2D eigenvalue weighted by molar-refractivity contribution is 0.147. The van der Waals surface area contributed by atoms with Gasteiger partial charge in [-0.2, -0.15) is 0 Å². The fraction of sp³-hybridized carbons (Fsp3) is 0.889. The number of nitrogens with zero attached hydrogens (tertiary/aromatic N) is 1. The second-order valence-electron chi connectivity index (χ2n) is 3.49. The Morgan fingerprint density at radius 2 is 2.08 bits per heavy atom. The zero-order chi connectivity index (χ0) is 8.97. The van der Waals surface area contributed by atoms with Gasteiger partial charge in [0.2, 0.25) is 0 Å². The summed E-state index contributed by atoms with van der Waals surface area (Å²) in [5.74, 6) is 1.09. The van der Waals surface area contributed by atoms with E-state index in [-0.39, 0.29) is 0 Å². The van der Waals surface area contributed by atoms with Crippen molar-refractivity contribution < 1.29 is 4.74 Å². The Labute approximate surface area is 74.2 Å². The fourth-order valence-corrected chi connectivity index (χ4v) is 1.35. The summed E-state index contributed by atoms with van der Waals surface area (Å²) in [5.41, 5.74) is 0.